The second-order valence-electron chi connectivity index (χ2n) is 3.29. The Morgan fingerprint density at radius 2 is 1.73 bits per heavy atom. The van der Waals surface area contributed by atoms with Crippen molar-refractivity contribution in [2.24, 2.45) is 0 Å². The number of benzene rings is 1. The summed E-state index contributed by atoms with van der Waals surface area (Å²) in [6, 6.07) is 5.36. The summed E-state index contributed by atoms with van der Waals surface area (Å²) >= 11 is 0. The molecule has 1 amide bonds. The Morgan fingerprint density at radius 3 is 2.27 bits per heavy atom. The van der Waals surface area contributed by atoms with Crippen molar-refractivity contribution in [2.45, 2.75) is 6.92 Å². The summed E-state index contributed by atoms with van der Waals surface area (Å²) in [6.07, 6.45) is 0. The molecule has 4 heteroatoms. The molecule has 0 saturated carbocycles. The first-order chi connectivity index (χ1) is 7.08. The Bertz CT molecular complexity index is 365. The molecule has 0 aliphatic carbocycles. The van der Waals surface area contributed by atoms with Crippen molar-refractivity contribution in [3.05, 3.63) is 34.9 Å². The lowest BCUT2D eigenvalue weighted by molar-refractivity contribution is 0.0963. The van der Waals surface area contributed by atoms with Gasteiger partial charge in [-0.1, -0.05) is 0 Å². The second kappa shape index (κ2) is 4.59. The van der Waals surface area contributed by atoms with E-state index in [1.54, 1.807) is 26.2 Å². The number of hydrogen-bond donors (Lipinski definition) is 3. The van der Waals surface area contributed by atoms with E-state index in [1.165, 1.54) is 0 Å². The Labute approximate surface area is 89.2 Å². The molecule has 0 aliphatic rings. The topological polar surface area (TPSA) is 65.0 Å². The van der Waals surface area contributed by atoms with Gasteiger partial charge in [0.25, 0.3) is 5.91 Å². The maximum atomic E-state index is 11.4. The third kappa shape index (κ3) is 2.56. The molecular weight excluding hydrogens is 190 g/mol. The maximum Gasteiger partial charge on any atom is 0.251 e. The van der Waals surface area contributed by atoms with Gasteiger partial charge in [0.1, 0.15) is 5.84 Å². The van der Waals surface area contributed by atoms with Crippen molar-refractivity contribution in [3.8, 4) is 0 Å². The van der Waals surface area contributed by atoms with Gasteiger partial charge in [0, 0.05) is 25.2 Å². The minimum Gasteiger partial charge on any atom is -0.373 e. The third-order valence-electron chi connectivity index (χ3n) is 2.11. The van der Waals surface area contributed by atoms with Gasteiger partial charge in [-0.15, -0.1) is 0 Å². The predicted molar refractivity (Wildman–Crippen MR) is 60.5 cm³/mol. The molecule has 1 aromatic carbocycles. The van der Waals surface area contributed by atoms with Gasteiger partial charge in [0.15, 0.2) is 0 Å². The minimum absolute atomic E-state index is 0.135. The summed E-state index contributed by atoms with van der Waals surface area (Å²) in [5.41, 5.74) is 2.26. The second-order valence-corrected chi connectivity index (χ2v) is 3.29. The Kier molecular flexibility index (Phi) is 3.44. The first-order valence-electron chi connectivity index (χ1n) is 4.69. The highest BCUT2D eigenvalue weighted by molar-refractivity contribution is 6.00. The van der Waals surface area contributed by atoms with Crippen molar-refractivity contribution < 1.29 is 4.79 Å². The van der Waals surface area contributed by atoms with E-state index in [2.05, 4.69) is 10.6 Å². The molecule has 0 saturated heterocycles. The van der Waals surface area contributed by atoms with Crippen molar-refractivity contribution >= 4 is 11.7 Å². The molecule has 0 heterocycles. The predicted octanol–water partition coefficient (Wildman–Crippen LogP) is 0.899. The van der Waals surface area contributed by atoms with Gasteiger partial charge in [0.2, 0.25) is 0 Å². The fourth-order valence-corrected chi connectivity index (χ4v) is 1.35. The summed E-state index contributed by atoms with van der Waals surface area (Å²) in [6.45, 7) is 1.90. The van der Waals surface area contributed by atoms with Gasteiger partial charge < -0.3 is 10.6 Å². The van der Waals surface area contributed by atoms with Gasteiger partial charge in [-0.3, -0.25) is 10.2 Å². The lowest BCUT2D eigenvalue weighted by atomic mass is 10.1. The number of aryl methyl sites for hydroxylation is 1. The van der Waals surface area contributed by atoms with E-state index in [0.717, 1.165) is 11.1 Å². The molecule has 0 atom stereocenters. The number of carbonyl (C=O) groups is 1. The summed E-state index contributed by atoms with van der Waals surface area (Å²) in [7, 11) is 3.28. The molecule has 15 heavy (non-hydrogen) atoms. The molecule has 1 rings (SSSR count). The third-order valence-corrected chi connectivity index (χ3v) is 2.11. The quantitative estimate of drug-likeness (QED) is 0.496. The highest BCUT2D eigenvalue weighted by Crippen LogP contribution is 2.09. The van der Waals surface area contributed by atoms with Crippen LogP contribution in [0.3, 0.4) is 0 Å². The summed E-state index contributed by atoms with van der Waals surface area (Å²) in [5, 5.41) is 12.9. The molecule has 0 bridgehead atoms. The molecular formula is C11H15N3O. The van der Waals surface area contributed by atoms with E-state index in [-0.39, 0.29) is 5.91 Å². The normalized spacial score (nSPS) is 9.53. The Balaban J connectivity index is 3.16. The molecule has 0 aromatic heterocycles. The van der Waals surface area contributed by atoms with Crippen LogP contribution in [-0.2, 0) is 0 Å². The molecule has 4 nitrogen and oxygen atoms in total. The molecule has 0 unspecified atom stereocenters. The SMILES string of the molecule is CNC(=N)c1cc(C)cc(C(=O)NC)c1. The largest absolute Gasteiger partial charge is 0.373 e. The first-order valence-corrected chi connectivity index (χ1v) is 4.69. The number of rotatable bonds is 2. The zero-order chi connectivity index (χ0) is 11.4. The molecule has 3 N–H and O–H groups in total. The number of hydrogen-bond acceptors (Lipinski definition) is 2. The van der Waals surface area contributed by atoms with Crippen LogP contribution in [0.25, 0.3) is 0 Å². The molecule has 1 aromatic rings. The van der Waals surface area contributed by atoms with Crippen LogP contribution in [-0.4, -0.2) is 25.8 Å². The number of amidine groups is 1. The Hall–Kier alpha value is -1.84. The summed E-state index contributed by atoms with van der Waals surface area (Å²) in [5.74, 6) is 0.174. The summed E-state index contributed by atoms with van der Waals surface area (Å²) in [4.78, 5) is 11.4. The zero-order valence-corrected chi connectivity index (χ0v) is 9.14. The van der Waals surface area contributed by atoms with Crippen LogP contribution in [0, 0.1) is 12.3 Å². The molecule has 0 radical (unpaired) electrons. The zero-order valence-electron chi connectivity index (χ0n) is 9.14. The number of carbonyl (C=O) groups excluding carboxylic acids is 1. The van der Waals surface area contributed by atoms with Gasteiger partial charge in [-0.05, 0) is 30.7 Å². The lowest BCUT2D eigenvalue weighted by Crippen LogP contribution is -2.21. The smallest absolute Gasteiger partial charge is 0.251 e. The van der Waals surface area contributed by atoms with E-state index < -0.39 is 0 Å². The van der Waals surface area contributed by atoms with Gasteiger partial charge in [-0.2, -0.15) is 0 Å². The summed E-state index contributed by atoms with van der Waals surface area (Å²) < 4.78 is 0. The monoisotopic (exact) mass is 205 g/mol. The standard InChI is InChI=1S/C11H15N3O/c1-7-4-8(10(12)13-2)6-9(5-7)11(15)14-3/h4-6H,1-3H3,(H2,12,13)(H,14,15). The van der Waals surface area contributed by atoms with E-state index in [1.807, 2.05) is 13.0 Å². The molecule has 0 aliphatic heterocycles. The minimum atomic E-state index is -0.135. The van der Waals surface area contributed by atoms with Crippen molar-refractivity contribution in [1.29, 1.82) is 5.41 Å². The van der Waals surface area contributed by atoms with Crippen LogP contribution in [0.2, 0.25) is 0 Å². The van der Waals surface area contributed by atoms with Crippen LogP contribution >= 0.6 is 0 Å². The van der Waals surface area contributed by atoms with Crippen molar-refractivity contribution in [3.63, 3.8) is 0 Å². The first kappa shape index (κ1) is 11.2. The van der Waals surface area contributed by atoms with Crippen LogP contribution in [0.5, 0.6) is 0 Å². The number of nitrogens with one attached hydrogen (secondary N) is 3. The highest BCUT2D eigenvalue weighted by atomic mass is 16.1. The molecule has 80 valence electrons. The van der Waals surface area contributed by atoms with Gasteiger partial charge >= 0.3 is 0 Å². The maximum absolute atomic E-state index is 11.4. The molecule has 0 fully saturated rings. The average Bonchev–Trinajstić information content (AvgIpc) is 2.26. The average molecular weight is 205 g/mol. The molecule has 0 spiro atoms. The van der Waals surface area contributed by atoms with Crippen LogP contribution in [0.4, 0.5) is 0 Å². The van der Waals surface area contributed by atoms with Crippen LogP contribution in [0.15, 0.2) is 18.2 Å². The van der Waals surface area contributed by atoms with Gasteiger partial charge in [0.05, 0.1) is 0 Å². The highest BCUT2D eigenvalue weighted by Gasteiger charge is 2.07. The Morgan fingerprint density at radius 1 is 1.13 bits per heavy atom. The van der Waals surface area contributed by atoms with Crippen molar-refractivity contribution in [2.75, 3.05) is 14.1 Å². The van der Waals surface area contributed by atoms with E-state index in [0.29, 0.717) is 11.4 Å². The number of amides is 1. The van der Waals surface area contributed by atoms with Crippen LogP contribution in [0.1, 0.15) is 21.5 Å². The van der Waals surface area contributed by atoms with Gasteiger partial charge in [-0.25, -0.2) is 0 Å². The van der Waals surface area contributed by atoms with Crippen molar-refractivity contribution in [1.82, 2.24) is 10.6 Å². The fraction of sp³-hybridized carbons (Fsp3) is 0.273. The van der Waals surface area contributed by atoms with E-state index >= 15 is 0 Å². The van der Waals surface area contributed by atoms with E-state index in [4.69, 9.17) is 5.41 Å². The lowest BCUT2D eigenvalue weighted by Gasteiger charge is -2.07. The van der Waals surface area contributed by atoms with Crippen LogP contribution < -0.4 is 10.6 Å². The van der Waals surface area contributed by atoms with E-state index in [9.17, 15) is 4.79 Å². The fourth-order valence-electron chi connectivity index (χ4n) is 1.35.